The third-order valence-electron chi connectivity index (χ3n) is 4.73. The van der Waals surface area contributed by atoms with Crippen LogP contribution in [-0.4, -0.2) is 27.6 Å². The molecule has 0 bridgehead atoms. The maximum Gasteiger partial charge on any atom is 0.254 e. The van der Waals surface area contributed by atoms with Crippen molar-refractivity contribution in [1.29, 1.82) is 0 Å². The molecule has 1 fully saturated rings. The fourth-order valence-electron chi connectivity index (χ4n) is 2.38. The second-order valence-corrected chi connectivity index (χ2v) is 7.09. The quantitative estimate of drug-likeness (QED) is 0.665. The molecule has 1 aliphatic rings. The van der Waals surface area contributed by atoms with Gasteiger partial charge >= 0.3 is 0 Å². The zero-order valence-electron chi connectivity index (χ0n) is 16.7. The number of nitrogen functional groups attached to an aromatic ring is 1. The highest BCUT2D eigenvalue weighted by Gasteiger charge is 2.24. The topological polar surface area (TPSA) is 116 Å². The number of hydrogen-bond donors (Lipinski definition) is 3. The first-order valence-electron chi connectivity index (χ1n) is 9.46. The Labute approximate surface area is 165 Å². The minimum absolute atomic E-state index is 0.121. The number of nitrogens with one attached hydrogen (secondary N) is 1. The highest BCUT2D eigenvalue weighted by Crippen LogP contribution is 2.23. The number of amides is 2. The zero-order chi connectivity index (χ0) is 20.8. The van der Waals surface area contributed by atoms with Crippen LogP contribution in [0.4, 0.5) is 5.82 Å². The Morgan fingerprint density at radius 2 is 2.11 bits per heavy atom. The van der Waals surface area contributed by atoms with Crippen molar-refractivity contribution in [2.75, 3.05) is 5.73 Å². The first-order chi connectivity index (χ1) is 13.3. The van der Waals surface area contributed by atoms with Crippen LogP contribution in [0.5, 0.6) is 0 Å². The number of nitrogens with two attached hydrogens (primary N) is 2. The lowest BCUT2D eigenvalue weighted by Gasteiger charge is -2.11. The van der Waals surface area contributed by atoms with Crippen molar-refractivity contribution in [3.05, 3.63) is 53.7 Å². The molecule has 1 unspecified atom stereocenters. The van der Waals surface area contributed by atoms with E-state index >= 15 is 0 Å². The number of aryl methyl sites for hydroxylation is 1. The van der Waals surface area contributed by atoms with Gasteiger partial charge in [0.2, 0.25) is 0 Å². The Morgan fingerprint density at radius 3 is 2.57 bits per heavy atom. The van der Waals surface area contributed by atoms with Crippen LogP contribution in [0.3, 0.4) is 0 Å². The van der Waals surface area contributed by atoms with E-state index < -0.39 is 5.91 Å². The van der Waals surface area contributed by atoms with Crippen molar-refractivity contribution in [3.63, 3.8) is 0 Å². The first-order valence-corrected chi connectivity index (χ1v) is 9.46. The summed E-state index contributed by atoms with van der Waals surface area (Å²) in [6, 6.07) is 5.57. The van der Waals surface area contributed by atoms with Gasteiger partial charge in [0.15, 0.2) is 0 Å². The molecule has 0 spiro atoms. The second kappa shape index (κ2) is 9.21. The molecule has 150 valence electrons. The van der Waals surface area contributed by atoms with Gasteiger partial charge in [-0.3, -0.25) is 9.59 Å². The van der Waals surface area contributed by atoms with Gasteiger partial charge < -0.3 is 16.8 Å². The van der Waals surface area contributed by atoms with Crippen LogP contribution in [0.25, 0.3) is 5.69 Å². The van der Waals surface area contributed by atoms with Crippen LogP contribution in [0.1, 0.15) is 59.4 Å². The van der Waals surface area contributed by atoms with E-state index in [0.717, 1.165) is 18.4 Å². The largest absolute Gasteiger partial charge is 0.383 e. The Bertz CT molecular complexity index is 868. The van der Waals surface area contributed by atoms with E-state index in [2.05, 4.69) is 30.8 Å². The van der Waals surface area contributed by atoms with Gasteiger partial charge in [-0.25, -0.2) is 4.68 Å². The number of carbonyl (C=O) groups excluding carboxylic acids is 2. The van der Waals surface area contributed by atoms with E-state index in [9.17, 15) is 9.59 Å². The lowest BCUT2D eigenvalue weighted by Crippen LogP contribution is -2.25. The summed E-state index contributed by atoms with van der Waals surface area (Å²) >= 11 is 0. The van der Waals surface area contributed by atoms with Crippen molar-refractivity contribution in [3.8, 4) is 5.69 Å². The second-order valence-electron chi connectivity index (χ2n) is 7.09. The maximum absolute atomic E-state index is 12.1. The van der Waals surface area contributed by atoms with Crippen molar-refractivity contribution in [2.24, 2.45) is 11.7 Å². The Kier molecular flexibility index (Phi) is 6.98. The summed E-state index contributed by atoms with van der Waals surface area (Å²) in [6.07, 6.45) is 6.56. The monoisotopic (exact) mass is 383 g/mol. The fraction of sp³-hybridized carbons (Fsp3) is 0.381. The molecule has 2 aromatic rings. The Hall–Kier alpha value is -3.09. The number of aromatic nitrogens is 2. The average molecular weight is 383 g/mol. The molecule has 1 heterocycles. The number of carbonyl (C=O) groups is 2. The van der Waals surface area contributed by atoms with E-state index in [4.69, 9.17) is 11.5 Å². The summed E-state index contributed by atoms with van der Waals surface area (Å²) in [6.45, 7) is 9.83. The van der Waals surface area contributed by atoms with Crippen molar-refractivity contribution in [1.82, 2.24) is 15.1 Å². The van der Waals surface area contributed by atoms with Crippen molar-refractivity contribution < 1.29 is 9.59 Å². The summed E-state index contributed by atoms with van der Waals surface area (Å²) in [5.74, 6) is 0.106. The first kappa shape index (κ1) is 21.2. The zero-order valence-corrected chi connectivity index (χ0v) is 16.7. The molecule has 7 nitrogen and oxygen atoms in total. The number of hydrogen-bond acceptors (Lipinski definition) is 4. The maximum atomic E-state index is 12.1. The SMILES string of the molecule is C=CC(C)CC.Cc1ccc(C(=O)NC2CC2)cc1-n1ncc(C(N)=O)c1N. The van der Waals surface area contributed by atoms with Gasteiger partial charge in [0.25, 0.3) is 11.8 Å². The summed E-state index contributed by atoms with van der Waals surface area (Å²) < 4.78 is 1.42. The highest BCUT2D eigenvalue weighted by atomic mass is 16.2. The Balaban J connectivity index is 0.000000409. The number of benzene rings is 1. The number of anilines is 1. The molecular formula is C21H29N5O2. The van der Waals surface area contributed by atoms with Crippen LogP contribution in [-0.2, 0) is 0 Å². The molecule has 1 aliphatic carbocycles. The smallest absolute Gasteiger partial charge is 0.254 e. The van der Waals surface area contributed by atoms with Crippen molar-refractivity contribution >= 4 is 17.6 Å². The van der Waals surface area contributed by atoms with Gasteiger partial charge in [-0.1, -0.05) is 32.4 Å². The number of nitrogens with zero attached hydrogens (tertiary/aromatic N) is 2. The molecule has 1 saturated carbocycles. The molecule has 0 aliphatic heterocycles. The van der Waals surface area contributed by atoms with Crippen LogP contribution in [0.2, 0.25) is 0 Å². The van der Waals surface area contributed by atoms with E-state index in [0.29, 0.717) is 17.2 Å². The molecule has 28 heavy (non-hydrogen) atoms. The molecule has 0 radical (unpaired) electrons. The van der Waals surface area contributed by atoms with Gasteiger partial charge in [0.1, 0.15) is 11.4 Å². The Morgan fingerprint density at radius 1 is 1.43 bits per heavy atom. The standard InChI is InChI=1S/C15H17N5O2.C6H12/c1-8-2-3-9(15(22)19-10-4-5-10)6-12(8)20-13(16)11(7-18-20)14(17)21;1-4-6(3)5-2/h2-3,6-7,10H,4-5,16H2,1H3,(H2,17,21)(H,19,22);4,6H,1,5H2,2-3H3. The minimum atomic E-state index is -0.635. The normalized spacial score (nSPS) is 13.8. The van der Waals surface area contributed by atoms with Crippen LogP contribution < -0.4 is 16.8 Å². The van der Waals surface area contributed by atoms with Crippen LogP contribution >= 0.6 is 0 Å². The number of rotatable bonds is 6. The fourth-order valence-corrected chi connectivity index (χ4v) is 2.38. The molecule has 1 atom stereocenters. The van der Waals surface area contributed by atoms with Gasteiger partial charge in [-0.2, -0.15) is 5.10 Å². The van der Waals surface area contributed by atoms with Gasteiger partial charge in [-0.15, -0.1) is 6.58 Å². The van der Waals surface area contributed by atoms with E-state index in [1.54, 1.807) is 12.1 Å². The lowest BCUT2D eigenvalue weighted by atomic mass is 10.1. The molecule has 0 saturated heterocycles. The predicted octanol–water partition coefficient (Wildman–Crippen LogP) is 2.97. The predicted molar refractivity (Wildman–Crippen MR) is 111 cm³/mol. The summed E-state index contributed by atoms with van der Waals surface area (Å²) in [5, 5.41) is 7.03. The van der Waals surface area contributed by atoms with Crippen molar-refractivity contribution in [2.45, 2.75) is 46.1 Å². The third-order valence-corrected chi connectivity index (χ3v) is 4.73. The molecule has 2 amide bonds. The van der Waals surface area contributed by atoms with Gasteiger partial charge in [0.05, 0.1) is 11.9 Å². The molecule has 5 N–H and O–H groups in total. The van der Waals surface area contributed by atoms with E-state index in [1.807, 2.05) is 19.1 Å². The van der Waals surface area contributed by atoms with E-state index in [1.165, 1.54) is 17.3 Å². The number of primary amides is 1. The molecule has 3 rings (SSSR count). The average Bonchev–Trinajstić information content (AvgIpc) is 3.41. The van der Waals surface area contributed by atoms with Crippen LogP contribution in [0, 0.1) is 12.8 Å². The highest BCUT2D eigenvalue weighted by molar-refractivity contribution is 5.97. The van der Waals surface area contributed by atoms with Gasteiger partial charge in [-0.05, 0) is 43.4 Å². The van der Waals surface area contributed by atoms with Gasteiger partial charge in [0, 0.05) is 11.6 Å². The molecule has 7 heteroatoms. The minimum Gasteiger partial charge on any atom is -0.383 e. The summed E-state index contributed by atoms with van der Waals surface area (Å²) in [5.41, 5.74) is 13.4. The lowest BCUT2D eigenvalue weighted by molar-refractivity contribution is 0.0949. The van der Waals surface area contributed by atoms with E-state index in [-0.39, 0.29) is 23.3 Å². The van der Waals surface area contributed by atoms with Crippen LogP contribution in [0.15, 0.2) is 37.1 Å². The molecule has 1 aromatic heterocycles. The number of allylic oxidation sites excluding steroid dienone is 1. The summed E-state index contributed by atoms with van der Waals surface area (Å²) in [7, 11) is 0. The molecular weight excluding hydrogens is 354 g/mol. The third kappa shape index (κ3) is 5.22. The summed E-state index contributed by atoms with van der Waals surface area (Å²) in [4.78, 5) is 23.4. The molecule has 1 aromatic carbocycles.